The molecule has 0 saturated carbocycles. The molecular weight excluding hydrogens is 246 g/mol. The van der Waals surface area contributed by atoms with Crippen LogP contribution < -0.4 is 14.8 Å². The van der Waals surface area contributed by atoms with Crippen LogP contribution in [0.3, 0.4) is 0 Å². The molecule has 1 rings (SSSR count). The quantitative estimate of drug-likeness (QED) is 0.748. The van der Waals surface area contributed by atoms with Crippen LogP contribution in [0.2, 0.25) is 0 Å². The highest BCUT2D eigenvalue weighted by Gasteiger charge is 2.12. The molecule has 1 atom stereocenters. The van der Waals surface area contributed by atoms with Crippen molar-refractivity contribution < 1.29 is 19.4 Å². The molecule has 2 N–H and O–H groups in total. The number of hydrogen-bond acceptors (Lipinski definition) is 4. The van der Waals surface area contributed by atoms with Crippen LogP contribution in [0.1, 0.15) is 18.6 Å². The minimum Gasteiger partial charge on any atom is -0.497 e. The summed E-state index contributed by atoms with van der Waals surface area (Å²) in [6.45, 7) is 1.60. The highest BCUT2D eigenvalue weighted by Crippen LogP contribution is 2.29. The number of rotatable bonds is 6. The Kier molecular flexibility index (Phi) is 5.71. The third-order valence-electron chi connectivity index (χ3n) is 2.42. The van der Waals surface area contributed by atoms with Crippen molar-refractivity contribution in [1.29, 1.82) is 0 Å². The van der Waals surface area contributed by atoms with Gasteiger partial charge in [0.25, 0.3) is 5.91 Å². The van der Waals surface area contributed by atoms with Crippen LogP contribution in [-0.4, -0.2) is 31.3 Å². The molecule has 1 aromatic carbocycles. The molecule has 0 saturated heterocycles. The van der Waals surface area contributed by atoms with E-state index in [0.29, 0.717) is 17.1 Å². The zero-order valence-corrected chi connectivity index (χ0v) is 11.0. The lowest BCUT2D eigenvalue weighted by Gasteiger charge is -2.14. The van der Waals surface area contributed by atoms with E-state index < -0.39 is 6.10 Å². The summed E-state index contributed by atoms with van der Waals surface area (Å²) < 4.78 is 10.5. The number of hydrogen-bond donors (Lipinski definition) is 2. The largest absolute Gasteiger partial charge is 0.497 e. The Morgan fingerprint density at radius 2 is 2.32 bits per heavy atom. The molecule has 0 bridgehead atoms. The van der Waals surface area contributed by atoms with Crippen molar-refractivity contribution in [3.8, 4) is 23.8 Å². The Bertz CT molecular complexity index is 477. The molecule has 1 aromatic rings. The number of carbonyl (C=O) groups excluding carboxylic acids is 1. The Balaban J connectivity index is 2.75. The van der Waals surface area contributed by atoms with Gasteiger partial charge in [0.15, 0.2) is 6.61 Å². The van der Waals surface area contributed by atoms with Crippen LogP contribution in [0.15, 0.2) is 18.2 Å². The second-order valence-corrected chi connectivity index (χ2v) is 3.85. The monoisotopic (exact) mass is 263 g/mol. The van der Waals surface area contributed by atoms with Crippen molar-refractivity contribution in [2.24, 2.45) is 0 Å². The molecule has 5 heteroatoms. The summed E-state index contributed by atoms with van der Waals surface area (Å²) in [4.78, 5) is 11.4. The first kappa shape index (κ1) is 14.9. The van der Waals surface area contributed by atoms with E-state index in [-0.39, 0.29) is 19.1 Å². The van der Waals surface area contributed by atoms with E-state index in [0.717, 1.165) is 0 Å². The zero-order valence-electron chi connectivity index (χ0n) is 11.0. The van der Waals surface area contributed by atoms with Gasteiger partial charge in [0.05, 0.1) is 19.8 Å². The van der Waals surface area contributed by atoms with E-state index in [1.54, 1.807) is 25.1 Å². The lowest BCUT2D eigenvalue weighted by Crippen LogP contribution is -2.29. The number of benzene rings is 1. The summed E-state index contributed by atoms with van der Waals surface area (Å²) in [5.74, 6) is 2.97. The SMILES string of the molecule is C#CCNC(=O)COc1cc(OC)ccc1C(C)O. The predicted octanol–water partition coefficient (Wildman–Crippen LogP) is 0.877. The number of amides is 1. The van der Waals surface area contributed by atoms with Crippen molar-refractivity contribution in [3.05, 3.63) is 23.8 Å². The average molecular weight is 263 g/mol. The number of ether oxygens (including phenoxy) is 2. The number of nitrogens with one attached hydrogen (secondary N) is 1. The fourth-order valence-electron chi connectivity index (χ4n) is 1.46. The lowest BCUT2D eigenvalue weighted by molar-refractivity contribution is -0.122. The molecule has 0 fully saturated rings. The maximum atomic E-state index is 11.4. The van der Waals surface area contributed by atoms with Crippen molar-refractivity contribution in [2.45, 2.75) is 13.0 Å². The summed E-state index contributed by atoms with van der Waals surface area (Å²) in [7, 11) is 1.53. The van der Waals surface area contributed by atoms with E-state index in [4.69, 9.17) is 15.9 Å². The first-order valence-corrected chi connectivity index (χ1v) is 5.77. The summed E-state index contributed by atoms with van der Waals surface area (Å²) in [5.41, 5.74) is 0.588. The highest BCUT2D eigenvalue weighted by molar-refractivity contribution is 5.77. The Hall–Kier alpha value is -2.19. The van der Waals surface area contributed by atoms with Crippen LogP contribution in [-0.2, 0) is 4.79 Å². The number of terminal acetylenes is 1. The summed E-state index contributed by atoms with van der Waals surface area (Å²) in [5, 5.41) is 12.1. The Morgan fingerprint density at radius 1 is 1.58 bits per heavy atom. The van der Waals surface area contributed by atoms with E-state index in [9.17, 15) is 9.90 Å². The molecule has 0 heterocycles. The van der Waals surface area contributed by atoms with Crippen molar-refractivity contribution in [1.82, 2.24) is 5.32 Å². The Labute approximate surface area is 112 Å². The van der Waals surface area contributed by atoms with Gasteiger partial charge in [-0.3, -0.25) is 4.79 Å². The maximum absolute atomic E-state index is 11.4. The fourth-order valence-corrected chi connectivity index (χ4v) is 1.46. The third-order valence-corrected chi connectivity index (χ3v) is 2.42. The number of aliphatic hydroxyl groups is 1. The minimum atomic E-state index is -0.699. The van der Waals surface area contributed by atoms with Gasteiger partial charge >= 0.3 is 0 Å². The minimum absolute atomic E-state index is 0.156. The van der Waals surface area contributed by atoms with Gasteiger partial charge in [0, 0.05) is 11.6 Å². The van der Waals surface area contributed by atoms with Gasteiger partial charge in [-0.1, -0.05) is 5.92 Å². The van der Waals surface area contributed by atoms with Gasteiger partial charge in [-0.05, 0) is 19.1 Å². The molecule has 1 unspecified atom stereocenters. The highest BCUT2D eigenvalue weighted by atomic mass is 16.5. The molecule has 0 aromatic heterocycles. The lowest BCUT2D eigenvalue weighted by atomic mass is 10.1. The molecule has 5 nitrogen and oxygen atoms in total. The standard InChI is InChI=1S/C14H17NO4/c1-4-7-15-14(17)9-19-13-8-11(18-3)5-6-12(13)10(2)16/h1,5-6,8,10,16H,7,9H2,2-3H3,(H,15,17). The topological polar surface area (TPSA) is 67.8 Å². The van der Waals surface area contributed by atoms with Crippen LogP contribution in [0, 0.1) is 12.3 Å². The summed E-state index contributed by atoms with van der Waals surface area (Å²) >= 11 is 0. The van der Waals surface area contributed by atoms with Crippen LogP contribution in [0.4, 0.5) is 0 Å². The second kappa shape index (κ2) is 7.29. The summed E-state index contributed by atoms with van der Waals surface area (Å²) in [6, 6.07) is 5.03. The van der Waals surface area contributed by atoms with Crippen molar-refractivity contribution in [3.63, 3.8) is 0 Å². The second-order valence-electron chi connectivity index (χ2n) is 3.85. The maximum Gasteiger partial charge on any atom is 0.258 e. The number of carbonyl (C=O) groups is 1. The van der Waals surface area contributed by atoms with E-state index in [2.05, 4.69) is 11.2 Å². The normalized spacial score (nSPS) is 11.3. The average Bonchev–Trinajstić information content (AvgIpc) is 2.42. The summed E-state index contributed by atoms with van der Waals surface area (Å²) in [6.07, 6.45) is 4.33. The van der Waals surface area contributed by atoms with Gasteiger partial charge in [-0.2, -0.15) is 0 Å². The van der Waals surface area contributed by atoms with Gasteiger partial charge in [0.2, 0.25) is 0 Å². The molecule has 0 spiro atoms. The van der Waals surface area contributed by atoms with Gasteiger partial charge < -0.3 is 19.9 Å². The van der Waals surface area contributed by atoms with Crippen molar-refractivity contribution >= 4 is 5.91 Å². The Morgan fingerprint density at radius 3 is 2.89 bits per heavy atom. The predicted molar refractivity (Wildman–Crippen MR) is 71.0 cm³/mol. The van der Waals surface area contributed by atoms with E-state index in [1.165, 1.54) is 7.11 Å². The number of methoxy groups -OCH3 is 1. The van der Waals surface area contributed by atoms with Crippen LogP contribution in [0.25, 0.3) is 0 Å². The number of aliphatic hydroxyl groups excluding tert-OH is 1. The molecule has 1 amide bonds. The van der Waals surface area contributed by atoms with E-state index >= 15 is 0 Å². The smallest absolute Gasteiger partial charge is 0.258 e. The molecular formula is C14H17NO4. The first-order chi connectivity index (χ1) is 9.08. The third kappa shape index (κ3) is 4.53. The zero-order chi connectivity index (χ0) is 14.3. The molecule has 0 radical (unpaired) electrons. The first-order valence-electron chi connectivity index (χ1n) is 5.77. The van der Waals surface area contributed by atoms with Gasteiger partial charge in [-0.25, -0.2) is 0 Å². The molecule has 0 aliphatic heterocycles. The molecule has 19 heavy (non-hydrogen) atoms. The fraction of sp³-hybridized carbons (Fsp3) is 0.357. The van der Waals surface area contributed by atoms with Gasteiger partial charge in [-0.15, -0.1) is 6.42 Å². The van der Waals surface area contributed by atoms with Crippen LogP contribution >= 0.6 is 0 Å². The van der Waals surface area contributed by atoms with Crippen LogP contribution in [0.5, 0.6) is 11.5 Å². The van der Waals surface area contributed by atoms with Gasteiger partial charge in [0.1, 0.15) is 11.5 Å². The molecule has 102 valence electrons. The van der Waals surface area contributed by atoms with E-state index in [1.807, 2.05) is 0 Å². The molecule has 0 aliphatic carbocycles. The van der Waals surface area contributed by atoms with Crippen molar-refractivity contribution in [2.75, 3.05) is 20.3 Å². The molecule has 0 aliphatic rings.